The van der Waals surface area contributed by atoms with Crippen LogP contribution in [0.15, 0.2) is 41.2 Å². The lowest BCUT2D eigenvalue weighted by Gasteiger charge is -2.10. The predicted octanol–water partition coefficient (Wildman–Crippen LogP) is 3.39. The molecule has 7 heteroatoms. The molecule has 0 aliphatic heterocycles. The molecule has 0 amide bonds. The third kappa shape index (κ3) is 3.45. The molecule has 25 heavy (non-hydrogen) atoms. The molecule has 128 valence electrons. The Bertz CT molecular complexity index is 974. The first-order valence-corrected chi connectivity index (χ1v) is 7.51. The second kappa shape index (κ2) is 6.51. The maximum absolute atomic E-state index is 14.0. The summed E-state index contributed by atoms with van der Waals surface area (Å²) in [7, 11) is 0. The third-order valence-corrected chi connectivity index (χ3v) is 3.76. The zero-order valence-electron chi connectivity index (χ0n) is 13.6. The lowest BCUT2D eigenvalue weighted by Crippen LogP contribution is -2.26. The highest BCUT2D eigenvalue weighted by molar-refractivity contribution is 5.59. The Morgan fingerprint density at radius 2 is 1.72 bits per heavy atom. The molecule has 0 saturated heterocycles. The minimum atomic E-state index is -1.31. The molecular formula is C18H14F3N3O. The minimum Gasteiger partial charge on any atom is -0.268 e. The quantitative estimate of drug-likeness (QED) is 0.684. The van der Waals surface area contributed by atoms with Crippen LogP contribution in [0, 0.1) is 31.6 Å². The Morgan fingerprint density at radius 1 is 1.04 bits per heavy atom. The van der Waals surface area contributed by atoms with Crippen LogP contribution >= 0.6 is 0 Å². The van der Waals surface area contributed by atoms with Gasteiger partial charge in [0.1, 0.15) is 5.82 Å². The van der Waals surface area contributed by atoms with E-state index in [4.69, 9.17) is 0 Å². The molecule has 0 spiro atoms. The number of aromatic nitrogens is 3. The number of pyridine rings is 1. The topological polar surface area (TPSA) is 47.8 Å². The fraction of sp³-hybridized carbons (Fsp3) is 0.167. The molecule has 0 unspecified atom stereocenters. The zero-order chi connectivity index (χ0) is 18.1. The molecule has 0 saturated carbocycles. The van der Waals surface area contributed by atoms with E-state index in [0.717, 1.165) is 15.8 Å². The summed E-state index contributed by atoms with van der Waals surface area (Å²) in [6, 6.07) is 9.19. The van der Waals surface area contributed by atoms with E-state index in [9.17, 15) is 18.0 Å². The van der Waals surface area contributed by atoms with Gasteiger partial charge >= 0.3 is 0 Å². The van der Waals surface area contributed by atoms with Crippen LogP contribution in [-0.2, 0) is 6.54 Å². The lowest BCUT2D eigenvalue weighted by molar-refractivity contribution is 0.490. The first-order valence-electron chi connectivity index (χ1n) is 7.51. The van der Waals surface area contributed by atoms with Gasteiger partial charge in [-0.15, -0.1) is 0 Å². The summed E-state index contributed by atoms with van der Waals surface area (Å²) in [6.45, 7) is 3.60. The monoisotopic (exact) mass is 345 g/mol. The summed E-state index contributed by atoms with van der Waals surface area (Å²) < 4.78 is 42.0. The summed E-state index contributed by atoms with van der Waals surface area (Å²) in [5.41, 5.74) is 1.08. The van der Waals surface area contributed by atoms with E-state index >= 15 is 0 Å². The summed E-state index contributed by atoms with van der Waals surface area (Å²) in [5, 5.41) is 4.03. The van der Waals surface area contributed by atoms with E-state index < -0.39 is 23.3 Å². The van der Waals surface area contributed by atoms with Gasteiger partial charge in [0.05, 0.1) is 17.8 Å². The standard InChI is InChI=1S/C18H14F3N3O/c1-10-3-5-12(6-4-10)9-24-18(25)11(2)7-14(23-24)16-13(19)8-15(20)22-17(16)21/h3-8H,9H2,1-2H3. The highest BCUT2D eigenvalue weighted by Crippen LogP contribution is 2.23. The summed E-state index contributed by atoms with van der Waals surface area (Å²) >= 11 is 0. The molecule has 3 aromatic rings. The first-order chi connectivity index (χ1) is 11.8. The zero-order valence-corrected chi connectivity index (χ0v) is 13.6. The number of rotatable bonds is 3. The molecule has 1 aromatic carbocycles. The normalized spacial score (nSPS) is 10.9. The molecule has 0 fully saturated rings. The van der Waals surface area contributed by atoms with Crippen molar-refractivity contribution in [1.82, 2.24) is 14.8 Å². The van der Waals surface area contributed by atoms with Crippen molar-refractivity contribution >= 4 is 0 Å². The highest BCUT2D eigenvalue weighted by atomic mass is 19.1. The van der Waals surface area contributed by atoms with E-state index in [1.54, 1.807) is 0 Å². The molecule has 0 radical (unpaired) electrons. The Hall–Kier alpha value is -2.96. The van der Waals surface area contributed by atoms with Gasteiger partial charge in [-0.1, -0.05) is 29.8 Å². The molecule has 2 heterocycles. The SMILES string of the molecule is Cc1ccc(Cn2nc(-c3c(F)cc(F)nc3F)cc(C)c2=O)cc1. The number of halogens is 3. The maximum Gasteiger partial charge on any atom is 0.270 e. The van der Waals surface area contributed by atoms with Crippen molar-refractivity contribution in [3.63, 3.8) is 0 Å². The smallest absolute Gasteiger partial charge is 0.268 e. The molecular weight excluding hydrogens is 331 g/mol. The van der Waals surface area contributed by atoms with Crippen molar-refractivity contribution in [3.8, 4) is 11.3 Å². The van der Waals surface area contributed by atoms with Gasteiger partial charge in [-0.05, 0) is 25.5 Å². The molecule has 0 N–H and O–H groups in total. The molecule has 0 aliphatic carbocycles. The Kier molecular flexibility index (Phi) is 4.39. The Labute approximate surface area is 141 Å². The van der Waals surface area contributed by atoms with Crippen molar-refractivity contribution < 1.29 is 13.2 Å². The average molecular weight is 345 g/mol. The van der Waals surface area contributed by atoms with Crippen LogP contribution in [-0.4, -0.2) is 14.8 Å². The largest absolute Gasteiger partial charge is 0.270 e. The predicted molar refractivity (Wildman–Crippen MR) is 86.6 cm³/mol. The van der Waals surface area contributed by atoms with Crippen LogP contribution in [0.4, 0.5) is 13.2 Å². The van der Waals surface area contributed by atoms with E-state index in [2.05, 4.69) is 10.1 Å². The van der Waals surface area contributed by atoms with Gasteiger partial charge in [0, 0.05) is 11.6 Å². The van der Waals surface area contributed by atoms with E-state index in [-0.39, 0.29) is 23.4 Å². The van der Waals surface area contributed by atoms with Crippen molar-refractivity contribution in [2.45, 2.75) is 20.4 Å². The van der Waals surface area contributed by atoms with Crippen molar-refractivity contribution in [2.75, 3.05) is 0 Å². The van der Waals surface area contributed by atoms with E-state index in [0.29, 0.717) is 6.07 Å². The Morgan fingerprint density at radius 3 is 2.36 bits per heavy atom. The van der Waals surface area contributed by atoms with Gasteiger partial charge in [-0.3, -0.25) is 4.79 Å². The third-order valence-electron chi connectivity index (χ3n) is 3.76. The fourth-order valence-electron chi connectivity index (χ4n) is 2.46. The van der Waals surface area contributed by atoms with Crippen LogP contribution < -0.4 is 5.56 Å². The summed E-state index contributed by atoms with van der Waals surface area (Å²) in [5.74, 6) is -3.70. The van der Waals surface area contributed by atoms with Gasteiger partial charge in [0.15, 0.2) is 0 Å². The van der Waals surface area contributed by atoms with Gasteiger partial charge in [0.2, 0.25) is 11.9 Å². The van der Waals surface area contributed by atoms with E-state index in [1.807, 2.05) is 31.2 Å². The van der Waals surface area contributed by atoms with Crippen LogP contribution in [0.5, 0.6) is 0 Å². The minimum absolute atomic E-state index is 0.119. The number of aryl methyl sites for hydroxylation is 2. The summed E-state index contributed by atoms with van der Waals surface area (Å²) in [4.78, 5) is 15.3. The number of hydrogen-bond acceptors (Lipinski definition) is 3. The first kappa shape index (κ1) is 16.9. The molecule has 0 aliphatic rings. The molecule has 0 bridgehead atoms. The molecule has 0 atom stereocenters. The van der Waals surface area contributed by atoms with Gasteiger partial charge < -0.3 is 0 Å². The second-order valence-corrected chi connectivity index (χ2v) is 5.75. The van der Waals surface area contributed by atoms with Gasteiger partial charge in [-0.2, -0.15) is 18.9 Å². The van der Waals surface area contributed by atoms with Crippen LogP contribution in [0.25, 0.3) is 11.3 Å². The van der Waals surface area contributed by atoms with E-state index in [1.165, 1.54) is 13.0 Å². The van der Waals surface area contributed by atoms with Crippen molar-refractivity contribution in [2.24, 2.45) is 0 Å². The summed E-state index contributed by atoms with van der Waals surface area (Å²) in [6.07, 6.45) is 0. The molecule has 4 nitrogen and oxygen atoms in total. The van der Waals surface area contributed by atoms with Gasteiger partial charge in [0.25, 0.3) is 5.56 Å². The Balaban J connectivity index is 2.10. The van der Waals surface area contributed by atoms with Crippen molar-refractivity contribution in [3.05, 3.63) is 81.2 Å². The number of hydrogen-bond donors (Lipinski definition) is 0. The van der Waals surface area contributed by atoms with Crippen molar-refractivity contribution in [1.29, 1.82) is 0 Å². The molecule has 3 rings (SSSR count). The second-order valence-electron chi connectivity index (χ2n) is 5.75. The number of nitrogens with zero attached hydrogens (tertiary/aromatic N) is 3. The van der Waals surface area contributed by atoms with Gasteiger partial charge in [-0.25, -0.2) is 9.07 Å². The maximum atomic E-state index is 14.0. The fourth-order valence-corrected chi connectivity index (χ4v) is 2.46. The van der Waals surface area contributed by atoms with Crippen LogP contribution in [0.3, 0.4) is 0 Å². The lowest BCUT2D eigenvalue weighted by atomic mass is 10.1. The van der Waals surface area contributed by atoms with Crippen LogP contribution in [0.1, 0.15) is 16.7 Å². The average Bonchev–Trinajstić information content (AvgIpc) is 2.53. The van der Waals surface area contributed by atoms with Crippen LogP contribution in [0.2, 0.25) is 0 Å². The highest BCUT2D eigenvalue weighted by Gasteiger charge is 2.18. The molecule has 2 aromatic heterocycles. The number of benzene rings is 1.